The third-order valence-electron chi connectivity index (χ3n) is 3.70. The topological polar surface area (TPSA) is 91.5 Å². The van der Waals surface area contributed by atoms with Crippen molar-refractivity contribution >= 4 is 40.6 Å². The average molecular weight is 405 g/mol. The highest BCUT2D eigenvalue weighted by atomic mass is 35.5. The van der Waals surface area contributed by atoms with Crippen LogP contribution in [0.2, 0.25) is 5.02 Å². The molecule has 4 N–H and O–H groups in total. The summed E-state index contributed by atoms with van der Waals surface area (Å²) >= 11 is 6.00. The molecule has 0 fully saturated rings. The van der Waals surface area contributed by atoms with Crippen LogP contribution in [0, 0.1) is 0 Å². The molecule has 0 bridgehead atoms. The van der Waals surface area contributed by atoms with Crippen molar-refractivity contribution in [3.63, 3.8) is 0 Å². The average Bonchev–Trinajstić information content (AvgIpc) is 2.63. The Morgan fingerprint density at radius 3 is 2.36 bits per heavy atom. The number of nitrogens with one attached hydrogen (secondary N) is 4. The van der Waals surface area contributed by atoms with Crippen LogP contribution in [-0.2, 0) is 4.79 Å². The second-order valence-electron chi connectivity index (χ2n) is 6.37. The highest BCUT2D eigenvalue weighted by Gasteiger charge is 2.10. The lowest BCUT2D eigenvalue weighted by molar-refractivity contribution is -0.115. The third-order valence-corrected chi connectivity index (χ3v) is 3.93. The number of hydrogen-bond acceptors (Lipinski definition) is 4. The van der Waals surface area contributed by atoms with Gasteiger partial charge in [0.1, 0.15) is 5.75 Å². The minimum atomic E-state index is -0.327. The number of benzene rings is 2. The molecule has 8 heteroatoms. The predicted octanol–water partition coefficient (Wildman–Crippen LogP) is 4.32. The van der Waals surface area contributed by atoms with Crippen molar-refractivity contribution < 1.29 is 14.3 Å². The van der Waals surface area contributed by atoms with Gasteiger partial charge in [-0.2, -0.15) is 0 Å². The summed E-state index contributed by atoms with van der Waals surface area (Å²) in [5, 5.41) is 12.0. The Balaban J connectivity index is 1.91. The van der Waals surface area contributed by atoms with Crippen molar-refractivity contribution in [2.75, 3.05) is 29.6 Å². The molecule has 3 amide bonds. The van der Waals surface area contributed by atoms with Crippen LogP contribution in [-0.4, -0.2) is 31.6 Å². The fraction of sp³-hybridized carbons (Fsp3) is 0.300. The maximum Gasteiger partial charge on any atom is 0.319 e. The van der Waals surface area contributed by atoms with Gasteiger partial charge < -0.3 is 26.0 Å². The Kier molecular flexibility index (Phi) is 7.95. The summed E-state index contributed by atoms with van der Waals surface area (Å²) < 4.78 is 5.27. The van der Waals surface area contributed by atoms with Crippen molar-refractivity contribution in [1.82, 2.24) is 5.32 Å². The normalized spacial score (nSPS) is 10.3. The zero-order valence-electron chi connectivity index (χ0n) is 16.1. The van der Waals surface area contributed by atoms with Gasteiger partial charge >= 0.3 is 6.03 Å². The minimum Gasteiger partial charge on any atom is -0.495 e. The van der Waals surface area contributed by atoms with Gasteiger partial charge in [-0.05, 0) is 44.2 Å². The molecule has 2 aromatic carbocycles. The van der Waals surface area contributed by atoms with E-state index in [0.29, 0.717) is 28.7 Å². The van der Waals surface area contributed by atoms with E-state index >= 15 is 0 Å². The Labute approximate surface area is 169 Å². The summed E-state index contributed by atoms with van der Waals surface area (Å²) in [6.45, 7) is 4.14. The third kappa shape index (κ3) is 6.66. The number of halogens is 1. The Morgan fingerprint density at radius 2 is 1.71 bits per heavy atom. The number of methoxy groups -OCH3 is 1. The quantitative estimate of drug-likeness (QED) is 0.527. The summed E-state index contributed by atoms with van der Waals surface area (Å²) in [6.07, 6.45) is 0.224. The molecular formula is C20H25ClN4O3. The largest absolute Gasteiger partial charge is 0.495 e. The second-order valence-corrected chi connectivity index (χ2v) is 6.80. The summed E-state index contributed by atoms with van der Waals surface area (Å²) in [7, 11) is 1.57. The van der Waals surface area contributed by atoms with Crippen LogP contribution in [0.15, 0.2) is 42.5 Å². The molecule has 0 aliphatic heterocycles. The summed E-state index contributed by atoms with van der Waals surface area (Å²) in [6, 6.07) is 11.9. The van der Waals surface area contributed by atoms with Crippen molar-refractivity contribution in [1.29, 1.82) is 0 Å². The molecule has 0 radical (unpaired) electrons. The van der Waals surface area contributed by atoms with E-state index in [1.807, 2.05) is 13.8 Å². The molecular weight excluding hydrogens is 380 g/mol. The smallest absolute Gasteiger partial charge is 0.319 e. The number of para-hydroxylation sites is 2. The maximum absolute atomic E-state index is 12.3. The SMILES string of the molecule is COc1ccc(Cl)cc1NCCC(=O)Nc1ccccc1NC(=O)NC(C)C. The molecule has 7 nitrogen and oxygen atoms in total. The van der Waals surface area contributed by atoms with E-state index in [1.54, 1.807) is 49.6 Å². The first-order valence-electron chi connectivity index (χ1n) is 8.93. The lowest BCUT2D eigenvalue weighted by atomic mass is 10.2. The zero-order valence-corrected chi connectivity index (χ0v) is 16.9. The summed E-state index contributed by atoms with van der Waals surface area (Å²) in [5.74, 6) is 0.461. The standard InChI is InChI=1S/C20H25ClN4O3/c1-13(2)23-20(27)25-16-7-5-4-6-15(16)24-19(26)10-11-22-17-12-14(21)8-9-18(17)28-3/h4-9,12-13,22H,10-11H2,1-3H3,(H,24,26)(H2,23,25,27). The van der Waals surface area contributed by atoms with Crippen molar-refractivity contribution in [2.24, 2.45) is 0 Å². The Morgan fingerprint density at radius 1 is 1.04 bits per heavy atom. The van der Waals surface area contributed by atoms with E-state index in [-0.39, 0.29) is 24.4 Å². The predicted molar refractivity (Wildman–Crippen MR) is 113 cm³/mol. The first-order valence-corrected chi connectivity index (χ1v) is 9.30. The van der Waals surface area contributed by atoms with Crippen LogP contribution >= 0.6 is 11.6 Å². The molecule has 28 heavy (non-hydrogen) atoms. The zero-order chi connectivity index (χ0) is 20.5. The molecule has 2 aromatic rings. The molecule has 0 saturated carbocycles. The fourth-order valence-corrected chi connectivity index (χ4v) is 2.64. The Hall–Kier alpha value is -2.93. The van der Waals surface area contributed by atoms with E-state index in [0.717, 1.165) is 5.69 Å². The maximum atomic E-state index is 12.3. The van der Waals surface area contributed by atoms with Gasteiger partial charge in [0.2, 0.25) is 5.91 Å². The molecule has 0 saturated heterocycles. The summed E-state index contributed by atoms with van der Waals surface area (Å²) in [5.41, 5.74) is 1.78. The molecule has 0 spiro atoms. The highest BCUT2D eigenvalue weighted by Crippen LogP contribution is 2.27. The van der Waals surface area contributed by atoms with Gasteiger partial charge in [-0.15, -0.1) is 0 Å². The monoisotopic (exact) mass is 404 g/mol. The van der Waals surface area contributed by atoms with Crippen LogP contribution in [0.25, 0.3) is 0 Å². The van der Waals surface area contributed by atoms with E-state index < -0.39 is 0 Å². The van der Waals surface area contributed by atoms with Crippen molar-refractivity contribution in [2.45, 2.75) is 26.3 Å². The number of rotatable bonds is 8. The molecule has 0 atom stereocenters. The Bertz CT molecular complexity index is 827. The number of ether oxygens (including phenoxy) is 1. The van der Waals surface area contributed by atoms with Gasteiger partial charge in [-0.3, -0.25) is 4.79 Å². The molecule has 0 heterocycles. The van der Waals surface area contributed by atoms with Gasteiger partial charge in [0.05, 0.1) is 24.2 Å². The number of anilines is 3. The van der Waals surface area contributed by atoms with Crippen LogP contribution in [0.5, 0.6) is 5.75 Å². The summed E-state index contributed by atoms with van der Waals surface area (Å²) in [4.78, 5) is 24.2. The molecule has 0 aliphatic rings. The van der Waals surface area contributed by atoms with Gasteiger partial charge in [0.15, 0.2) is 0 Å². The van der Waals surface area contributed by atoms with Gasteiger partial charge in [0.25, 0.3) is 0 Å². The second kappa shape index (κ2) is 10.4. The van der Waals surface area contributed by atoms with Crippen LogP contribution in [0.3, 0.4) is 0 Å². The van der Waals surface area contributed by atoms with Gasteiger partial charge in [-0.1, -0.05) is 23.7 Å². The van der Waals surface area contributed by atoms with Gasteiger partial charge in [-0.25, -0.2) is 4.79 Å². The fourth-order valence-electron chi connectivity index (χ4n) is 2.46. The van der Waals surface area contributed by atoms with E-state index in [9.17, 15) is 9.59 Å². The lowest BCUT2D eigenvalue weighted by Crippen LogP contribution is -2.34. The number of carbonyl (C=O) groups is 2. The van der Waals surface area contributed by atoms with Crippen molar-refractivity contribution in [3.05, 3.63) is 47.5 Å². The van der Waals surface area contributed by atoms with Crippen LogP contribution in [0.1, 0.15) is 20.3 Å². The van der Waals surface area contributed by atoms with Crippen LogP contribution < -0.4 is 26.0 Å². The molecule has 0 aromatic heterocycles. The van der Waals surface area contributed by atoms with Crippen molar-refractivity contribution in [3.8, 4) is 5.75 Å². The molecule has 0 unspecified atom stereocenters. The first kappa shape index (κ1) is 21.4. The molecule has 150 valence electrons. The highest BCUT2D eigenvalue weighted by molar-refractivity contribution is 6.30. The van der Waals surface area contributed by atoms with Gasteiger partial charge in [0, 0.05) is 24.0 Å². The van der Waals surface area contributed by atoms with E-state index in [4.69, 9.17) is 16.3 Å². The van der Waals surface area contributed by atoms with Crippen LogP contribution in [0.4, 0.5) is 21.9 Å². The number of hydrogen-bond donors (Lipinski definition) is 4. The first-order chi connectivity index (χ1) is 13.4. The van der Waals surface area contributed by atoms with E-state index in [2.05, 4.69) is 21.3 Å². The number of urea groups is 1. The molecule has 0 aliphatic carbocycles. The number of carbonyl (C=O) groups excluding carboxylic acids is 2. The van der Waals surface area contributed by atoms with E-state index in [1.165, 1.54) is 0 Å². The minimum absolute atomic E-state index is 0.0105. The lowest BCUT2D eigenvalue weighted by Gasteiger charge is -2.15. The molecule has 2 rings (SSSR count). The number of amides is 3.